The van der Waals surface area contributed by atoms with E-state index in [1.807, 2.05) is 49.9 Å². The van der Waals surface area contributed by atoms with Crippen molar-refractivity contribution in [3.63, 3.8) is 0 Å². The zero-order valence-corrected chi connectivity index (χ0v) is 20.0. The van der Waals surface area contributed by atoms with E-state index in [0.717, 1.165) is 41.0 Å². The van der Waals surface area contributed by atoms with Crippen LogP contribution in [0, 0.1) is 6.92 Å². The molecule has 0 bridgehead atoms. The quantitative estimate of drug-likeness (QED) is 0.423. The molecule has 1 atom stereocenters. The molecular formula is C26H32ClN3O2. The average Bonchev–Trinajstić information content (AvgIpc) is 3.30. The number of hydrogen-bond acceptors (Lipinski definition) is 3. The summed E-state index contributed by atoms with van der Waals surface area (Å²) in [6, 6.07) is 14.9. The molecule has 1 fully saturated rings. The van der Waals surface area contributed by atoms with Gasteiger partial charge in [0.2, 0.25) is 5.91 Å². The molecule has 0 saturated carbocycles. The first-order valence-electron chi connectivity index (χ1n) is 10.8. The predicted molar refractivity (Wildman–Crippen MR) is 135 cm³/mol. The highest BCUT2D eigenvalue weighted by molar-refractivity contribution is 6.31. The Balaban J connectivity index is 0.000000217. The molecule has 2 heterocycles. The SMILES string of the molecule is C=CC(=O)N1CCC(c2cccc(Cl)c2C)C1.CC.Cn1c(=O)ccc2ccc(N)cc21. The molecule has 4 rings (SSSR count). The Bertz CT molecular complexity index is 1150. The predicted octanol–water partition coefficient (Wildman–Crippen LogP) is 5.30. The van der Waals surface area contributed by atoms with Crippen LogP contribution in [0.5, 0.6) is 0 Å². The average molecular weight is 454 g/mol. The molecule has 1 amide bonds. The van der Waals surface area contributed by atoms with E-state index in [1.165, 1.54) is 11.6 Å². The summed E-state index contributed by atoms with van der Waals surface area (Å²) < 4.78 is 1.59. The third-order valence-corrected chi connectivity index (χ3v) is 5.99. The number of carbonyl (C=O) groups excluding carboxylic acids is 1. The Morgan fingerprint density at radius 1 is 1.19 bits per heavy atom. The molecule has 1 saturated heterocycles. The number of carbonyl (C=O) groups is 1. The van der Waals surface area contributed by atoms with Gasteiger partial charge in [-0.3, -0.25) is 9.59 Å². The van der Waals surface area contributed by atoms with Gasteiger partial charge in [-0.2, -0.15) is 0 Å². The minimum atomic E-state index is -0.0156. The van der Waals surface area contributed by atoms with Gasteiger partial charge in [-0.05, 0) is 60.2 Å². The molecule has 1 aromatic heterocycles. The molecule has 3 aromatic rings. The molecule has 0 radical (unpaired) electrons. The summed E-state index contributed by atoms with van der Waals surface area (Å²) in [7, 11) is 1.74. The van der Waals surface area contributed by atoms with Gasteiger partial charge in [0.15, 0.2) is 0 Å². The van der Waals surface area contributed by atoms with Crippen LogP contribution in [0.15, 0.2) is 66.0 Å². The first-order chi connectivity index (χ1) is 15.3. The lowest BCUT2D eigenvalue weighted by Crippen LogP contribution is -2.26. The van der Waals surface area contributed by atoms with Crippen molar-refractivity contribution >= 4 is 34.1 Å². The number of hydrogen-bond donors (Lipinski definition) is 1. The van der Waals surface area contributed by atoms with Gasteiger partial charge < -0.3 is 15.2 Å². The fourth-order valence-electron chi connectivity index (χ4n) is 3.79. The van der Waals surface area contributed by atoms with Crippen LogP contribution in [-0.4, -0.2) is 28.5 Å². The Hall–Kier alpha value is -3.05. The first-order valence-corrected chi connectivity index (χ1v) is 11.2. The number of nitrogens with zero attached hydrogens (tertiary/aromatic N) is 2. The number of pyridine rings is 1. The van der Waals surface area contributed by atoms with Crippen LogP contribution >= 0.6 is 11.6 Å². The number of halogens is 1. The van der Waals surface area contributed by atoms with Crippen LogP contribution in [0.2, 0.25) is 5.02 Å². The summed E-state index contributed by atoms with van der Waals surface area (Å²) >= 11 is 6.12. The third kappa shape index (κ3) is 5.80. The third-order valence-electron chi connectivity index (χ3n) is 5.58. The maximum atomic E-state index is 11.5. The number of likely N-dealkylation sites (tertiary alicyclic amines) is 1. The zero-order valence-electron chi connectivity index (χ0n) is 19.3. The van der Waals surface area contributed by atoms with Crippen molar-refractivity contribution in [2.24, 2.45) is 7.05 Å². The van der Waals surface area contributed by atoms with Gasteiger partial charge in [0, 0.05) is 42.8 Å². The number of benzene rings is 2. The van der Waals surface area contributed by atoms with E-state index in [2.05, 4.69) is 12.6 Å². The lowest BCUT2D eigenvalue weighted by Gasteiger charge is -2.16. The molecule has 1 aliphatic rings. The second kappa shape index (κ2) is 11.5. The van der Waals surface area contributed by atoms with Crippen LogP contribution in [0.25, 0.3) is 10.9 Å². The van der Waals surface area contributed by atoms with E-state index in [9.17, 15) is 9.59 Å². The molecule has 2 N–H and O–H groups in total. The molecule has 170 valence electrons. The van der Waals surface area contributed by atoms with E-state index in [-0.39, 0.29) is 11.5 Å². The first kappa shape index (κ1) is 25.2. The lowest BCUT2D eigenvalue weighted by atomic mass is 9.94. The summed E-state index contributed by atoms with van der Waals surface area (Å²) in [5, 5.41) is 1.83. The highest BCUT2D eigenvalue weighted by Crippen LogP contribution is 2.32. The van der Waals surface area contributed by atoms with Gasteiger partial charge in [-0.25, -0.2) is 0 Å². The second-order valence-corrected chi connectivity index (χ2v) is 7.88. The normalized spacial score (nSPS) is 14.8. The van der Waals surface area contributed by atoms with E-state index in [4.69, 9.17) is 17.3 Å². The van der Waals surface area contributed by atoms with Crippen LogP contribution in [-0.2, 0) is 11.8 Å². The number of nitrogens with two attached hydrogens (primary N) is 1. The molecule has 1 unspecified atom stereocenters. The molecule has 2 aromatic carbocycles. The van der Waals surface area contributed by atoms with Crippen LogP contribution in [0.3, 0.4) is 0 Å². The fourth-order valence-corrected chi connectivity index (χ4v) is 3.98. The van der Waals surface area contributed by atoms with Crippen molar-refractivity contribution in [3.8, 4) is 0 Å². The number of amides is 1. The minimum Gasteiger partial charge on any atom is -0.399 e. The highest BCUT2D eigenvalue weighted by atomic mass is 35.5. The summed E-state index contributed by atoms with van der Waals surface area (Å²) in [5.41, 5.74) is 9.55. The molecule has 32 heavy (non-hydrogen) atoms. The van der Waals surface area contributed by atoms with Gasteiger partial charge in [0.05, 0.1) is 5.52 Å². The van der Waals surface area contributed by atoms with E-state index < -0.39 is 0 Å². The standard InChI is InChI=1S/C14H16ClNO.C10H10N2O.C2H6/c1-3-14(17)16-8-7-11(9-16)12-5-4-6-13(15)10(12)2;1-12-9-6-8(11)4-2-7(9)3-5-10(12)13;1-2/h3-6,11H,1,7-9H2,2H3;2-6H,11H2,1H3;1-2H3. The summed E-state index contributed by atoms with van der Waals surface area (Å²) in [4.78, 5) is 24.6. The van der Waals surface area contributed by atoms with Crippen molar-refractivity contribution in [2.75, 3.05) is 18.8 Å². The van der Waals surface area contributed by atoms with Crippen LogP contribution in [0.1, 0.15) is 37.3 Å². The lowest BCUT2D eigenvalue weighted by molar-refractivity contribution is -0.125. The number of fused-ring (bicyclic) bond motifs is 1. The van der Waals surface area contributed by atoms with Crippen molar-refractivity contribution in [3.05, 3.63) is 87.7 Å². The van der Waals surface area contributed by atoms with Gasteiger partial charge in [-0.15, -0.1) is 0 Å². The van der Waals surface area contributed by atoms with E-state index >= 15 is 0 Å². The fraction of sp³-hybridized carbons (Fsp3) is 0.308. The number of aromatic nitrogens is 1. The Morgan fingerprint density at radius 2 is 1.88 bits per heavy atom. The summed E-state index contributed by atoms with van der Waals surface area (Å²) in [6.45, 7) is 11.1. The van der Waals surface area contributed by atoms with Gasteiger partial charge in [-0.1, -0.05) is 50.2 Å². The van der Waals surface area contributed by atoms with Gasteiger partial charge in [0.1, 0.15) is 0 Å². The molecule has 1 aliphatic heterocycles. The second-order valence-electron chi connectivity index (χ2n) is 7.48. The monoisotopic (exact) mass is 453 g/mol. The number of aryl methyl sites for hydroxylation is 1. The highest BCUT2D eigenvalue weighted by Gasteiger charge is 2.27. The molecule has 6 heteroatoms. The molecule has 0 spiro atoms. The minimum absolute atomic E-state index is 0.0156. The maximum absolute atomic E-state index is 11.5. The number of nitrogen functional groups attached to an aromatic ring is 1. The van der Waals surface area contributed by atoms with Gasteiger partial charge in [0.25, 0.3) is 5.56 Å². The summed E-state index contributed by atoms with van der Waals surface area (Å²) in [6.07, 6.45) is 2.38. The largest absolute Gasteiger partial charge is 0.399 e. The summed E-state index contributed by atoms with van der Waals surface area (Å²) in [5.74, 6) is 0.421. The van der Waals surface area contributed by atoms with Crippen molar-refractivity contribution in [2.45, 2.75) is 33.1 Å². The topological polar surface area (TPSA) is 68.3 Å². The van der Waals surface area contributed by atoms with Gasteiger partial charge >= 0.3 is 0 Å². The molecular weight excluding hydrogens is 422 g/mol. The smallest absolute Gasteiger partial charge is 0.250 e. The Morgan fingerprint density at radius 3 is 2.56 bits per heavy atom. The Kier molecular flexibility index (Phi) is 9.09. The van der Waals surface area contributed by atoms with Crippen molar-refractivity contribution in [1.29, 1.82) is 0 Å². The number of rotatable bonds is 2. The van der Waals surface area contributed by atoms with Crippen molar-refractivity contribution in [1.82, 2.24) is 9.47 Å². The molecule has 5 nitrogen and oxygen atoms in total. The van der Waals surface area contributed by atoms with E-state index in [0.29, 0.717) is 11.6 Å². The van der Waals surface area contributed by atoms with E-state index in [1.54, 1.807) is 29.8 Å². The maximum Gasteiger partial charge on any atom is 0.250 e. The van der Waals surface area contributed by atoms with Crippen molar-refractivity contribution < 1.29 is 4.79 Å². The van der Waals surface area contributed by atoms with Crippen LogP contribution in [0.4, 0.5) is 5.69 Å². The number of anilines is 1. The Labute approximate surface area is 195 Å². The molecule has 0 aliphatic carbocycles. The van der Waals surface area contributed by atoms with Crippen LogP contribution < -0.4 is 11.3 Å². The zero-order chi connectivity index (χ0) is 23.8.